The first-order valence-corrected chi connectivity index (χ1v) is 7.43. The Hall–Kier alpha value is -0.0800. The minimum Gasteiger partial charge on any atom is -0.313 e. The van der Waals surface area contributed by atoms with Crippen molar-refractivity contribution in [1.82, 2.24) is 10.2 Å². The summed E-state index contributed by atoms with van der Waals surface area (Å²) in [6, 6.07) is 0.719. The third-order valence-electron chi connectivity index (χ3n) is 4.34. The molecule has 1 saturated heterocycles. The molecule has 2 heteroatoms. The van der Waals surface area contributed by atoms with E-state index in [1.165, 1.54) is 38.9 Å². The number of rotatable bonds is 6. The quantitative estimate of drug-likeness (QED) is 0.767. The summed E-state index contributed by atoms with van der Waals surface area (Å²) < 4.78 is 0. The van der Waals surface area contributed by atoms with E-state index in [4.69, 9.17) is 0 Å². The molecular weight excluding hydrogens is 208 g/mol. The fourth-order valence-electron chi connectivity index (χ4n) is 2.75. The van der Waals surface area contributed by atoms with Crippen LogP contribution >= 0.6 is 0 Å². The Morgan fingerprint density at radius 3 is 2.35 bits per heavy atom. The molecule has 1 aliphatic rings. The van der Waals surface area contributed by atoms with Crippen LogP contribution in [0.25, 0.3) is 0 Å². The highest BCUT2D eigenvalue weighted by Gasteiger charge is 2.31. The molecule has 1 atom stereocenters. The molecule has 1 N–H and O–H groups in total. The van der Waals surface area contributed by atoms with Gasteiger partial charge in [-0.05, 0) is 37.1 Å². The summed E-state index contributed by atoms with van der Waals surface area (Å²) in [7, 11) is 0. The molecule has 0 aromatic carbocycles. The SMILES string of the molecule is CCC(CC)NCCN1CCC(C(C)(C)C)C1. The number of hydrogen-bond donors (Lipinski definition) is 1. The Morgan fingerprint density at radius 2 is 1.88 bits per heavy atom. The molecule has 0 bridgehead atoms. The van der Waals surface area contributed by atoms with E-state index in [2.05, 4.69) is 44.8 Å². The van der Waals surface area contributed by atoms with E-state index in [0.29, 0.717) is 5.41 Å². The summed E-state index contributed by atoms with van der Waals surface area (Å²) in [5, 5.41) is 3.66. The van der Waals surface area contributed by atoms with Crippen molar-refractivity contribution >= 4 is 0 Å². The van der Waals surface area contributed by atoms with E-state index < -0.39 is 0 Å². The Bertz CT molecular complexity index is 203. The molecule has 1 heterocycles. The van der Waals surface area contributed by atoms with Gasteiger partial charge in [-0.15, -0.1) is 0 Å². The lowest BCUT2D eigenvalue weighted by molar-refractivity contribution is 0.228. The average molecular weight is 240 g/mol. The molecule has 0 aromatic rings. The molecule has 1 fully saturated rings. The largest absolute Gasteiger partial charge is 0.313 e. The second-order valence-corrected chi connectivity index (χ2v) is 6.62. The van der Waals surface area contributed by atoms with Crippen molar-refractivity contribution in [3.63, 3.8) is 0 Å². The van der Waals surface area contributed by atoms with Crippen molar-refractivity contribution in [2.75, 3.05) is 26.2 Å². The standard InChI is InChI=1S/C15H32N2/c1-6-14(7-2)16-9-11-17-10-8-13(12-17)15(3,4)5/h13-14,16H,6-12H2,1-5H3. The van der Waals surface area contributed by atoms with Crippen LogP contribution in [0.4, 0.5) is 0 Å². The van der Waals surface area contributed by atoms with Crippen LogP contribution in [0.15, 0.2) is 0 Å². The van der Waals surface area contributed by atoms with Crippen molar-refractivity contribution in [3.05, 3.63) is 0 Å². The molecule has 0 aliphatic carbocycles. The monoisotopic (exact) mass is 240 g/mol. The lowest BCUT2D eigenvalue weighted by atomic mass is 9.80. The van der Waals surface area contributed by atoms with Crippen LogP contribution in [-0.2, 0) is 0 Å². The highest BCUT2D eigenvalue weighted by Crippen LogP contribution is 2.33. The fraction of sp³-hybridized carbons (Fsp3) is 1.00. The van der Waals surface area contributed by atoms with E-state index in [1.54, 1.807) is 0 Å². The van der Waals surface area contributed by atoms with Gasteiger partial charge < -0.3 is 10.2 Å². The van der Waals surface area contributed by atoms with Gasteiger partial charge in [0.15, 0.2) is 0 Å². The molecule has 102 valence electrons. The van der Waals surface area contributed by atoms with Crippen LogP contribution in [0.3, 0.4) is 0 Å². The van der Waals surface area contributed by atoms with Crippen LogP contribution in [0.1, 0.15) is 53.9 Å². The smallest absolute Gasteiger partial charge is 0.0107 e. The lowest BCUT2D eigenvalue weighted by Crippen LogP contribution is -2.36. The van der Waals surface area contributed by atoms with Crippen molar-refractivity contribution in [1.29, 1.82) is 0 Å². The molecule has 17 heavy (non-hydrogen) atoms. The number of nitrogens with one attached hydrogen (secondary N) is 1. The van der Waals surface area contributed by atoms with Gasteiger partial charge in [0.25, 0.3) is 0 Å². The summed E-state index contributed by atoms with van der Waals surface area (Å²) in [6.45, 7) is 16.7. The van der Waals surface area contributed by atoms with E-state index >= 15 is 0 Å². The summed E-state index contributed by atoms with van der Waals surface area (Å²) in [6.07, 6.45) is 3.89. The molecule has 1 aliphatic heterocycles. The topological polar surface area (TPSA) is 15.3 Å². The maximum absolute atomic E-state index is 3.66. The molecule has 1 rings (SSSR count). The Labute approximate surface area is 108 Å². The molecule has 0 aromatic heterocycles. The zero-order valence-electron chi connectivity index (χ0n) is 12.6. The maximum atomic E-state index is 3.66. The van der Waals surface area contributed by atoms with Crippen LogP contribution in [-0.4, -0.2) is 37.1 Å². The van der Waals surface area contributed by atoms with E-state index in [0.717, 1.165) is 18.5 Å². The highest BCUT2D eigenvalue weighted by atomic mass is 15.2. The summed E-state index contributed by atoms with van der Waals surface area (Å²) in [5.74, 6) is 0.885. The van der Waals surface area contributed by atoms with E-state index in [9.17, 15) is 0 Å². The van der Waals surface area contributed by atoms with E-state index in [-0.39, 0.29) is 0 Å². The van der Waals surface area contributed by atoms with Gasteiger partial charge in [-0.1, -0.05) is 34.6 Å². The summed E-state index contributed by atoms with van der Waals surface area (Å²) >= 11 is 0. The van der Waals surface area contributed by atoms with Crippen molar-refractivity contribution in [3.8, 4) is 0 Å². The van der Waals surface area contributed by atoms with Gasteiger partial charge >= 0.3 is 0 Å². The van der Waals surface area contributed by atoms with Gasteiger partial charge in [0.2, 0.25) is 0 Å². The van der Waals surface area contributed by atoms with Gasteiger partial charge in [-0.2, -0.15) is 0 Å². The molecule has 0 radical (unpaired) electrons. The third-order valence-corrected chi connectivity index (χ3v) is 4.34. The summed E-state index contributed by atoms with van der Waals surface area (Å²) in [5.41, 5.74) is 0.484. The number of likely N-dealkylation sites (tertiary alicyclic amines) is 1. The first kappa shape index (κ1) is 15.0. The second kappa shape index (κ2) is 6.75. The minimum absolute atomic E-state index is 0.484. The van der Waals surface area contributed by atoms with Crippen LogP contribution in [0.2, 0.25) is 0 Å². The summed E-state index contributed by atoms with van der Waals surface area (Å²) in [4.78, 5) is 2.63. The Kier molecular flexibility index (Phi) is 5.94. The first-order valence-electron chi connectivity index (χ1n) is 7.43. The third kappa shape index (κ3) is 4.97. The van der Waals surface area contributed by atoms with Gasteiger partial charge in [0.1, 0.15) is 0 Å². The normalized spacial score (nSPS) is 22.6. The van der Waals surface area contributed by atoms with Crippen LogP contribution < -0.4 is 5.32 Å². The van der Waals surface area contributed by atoms with Gasteiger partial charge in [0, 0.05) is 25.7 Å². The highest BCUT2D eigenvalue weighted by molar-refractivity contribution is 4.84. The molecule has 0 amide bonds. The molecular formula is C15H32N2. The molecule has 0 spiro atoms. The Morgan fingerprint density at radius 1 is 1.24 bits per heavy atom. The van der Waals surface area contributed by atoms with Crippen LogP contribution in [0, 0.1) is 11.3 Å². The first-order chi connectivity index (χ1) is 7.97. The van der Waals surface area contributed by atoms with Gasteiger partial charge in [-0.25, -0.2) is 0 Å². The molecule has 1 unspecified atom stereocenters. The van der Waals surface area contributed by atoms with Gasteiger partial charge in [0.05, 0.1) is 0 Å². The van der Waals surface area contributed by atoms with Crippen molar-refractivity contribution < 1.29 is 0 Å². The predicted molar refractivity (Wildman–Crippen MR) is 76.4 cm³/mol. The van der Waals surface area contributed by atoms with Crippen molar-refractivity contribution in [2.24, 2.45) is 11.3 Å². The zero-order chi connectivity index (χ0) is 12.9. The van der Waals surface area contributed by atoms with Crippen molar-refractivity contribution in [2.45, 2.75) is 59.9 Å². The average Bonchev–Trinajstić information content (AvgIpc) is 2.73. The van der Waals surface area contributed by atoms with E-state index in [1.807, 2.05) is 0 Å². The second-order valence-electron chi connectivity index (χ2n) is 6.62. The minimum atomic E-state index is 0.484. The van der Waals surface area contributed by atoms with Gasteiger partial charge in [-0.3, -0.25) is 0 Å². The zero-order valence-corrected chi connectivity index (χ0v) is 12.6. The predicted octanol–water partition coefficient (Wildman–Crippen LogP) is 3.13. The Balaban J connectivity index is 2.18. The number of hydrogen-bond acceptors (Lipinski definition) is 2. The fourth-order valence-corrected chi connectivity index (χ4v) is 2.75. The maximum Gasteiger partial charge on any atom is 0.0107 e. The lowest BCUT2D eigenvalue weighted by Gasteiger charge is -2.27. The molecule has 0 saturated carbocycles. The van der Waals surface area contributed by atoms with Crippen LogP contribution in [0.5, 0.6) is 0 Å². The number of nitrogens with zero attached hydrogens (tertiary/aromatic N) is 1. The molecule has 2 nitrogen and oxygen atoms in total.